The molecule has 0 unspecified atom stereocenters. The number of halogens is 3. The van der Waals surface area contributed by atoms with Crippen molar-refractivity contribution >= 4 is 5.91 Å². The number of ether oxygens (including phenoxy) is 1. The molecule has 2 atom stereocenters. The quantitative estimate of drug-likeness (QED) is 0.878. The monoisotopic (exact) mass is 359 g/mol. The largest absolute Gasteiger partial charge is 0.476 e. The maximum atomic E-state index is 13.0. The van der Waals surface area contributed by atoms with Crippen molar-refractivity contribution < 1.29 is 22.7 Å². The van der Waals surface area contributed by atoms with Crippen LogP contribution in [0.3, 0.4) is 0 Å². The molecule has 0 bridgehead atoms. The number of amides is 1. The number of carbonyl (C=O) groups is 1. The summed E-state index contributed by atoms with van der Waals surface area (Å²) in [5.74, 6) is -0.755. The second-order valence-electron chi connectivity index (χ2n) is 7.22. The molecule has 1 aliphatic rings. The molecule has 0 aliphatic carbocycles. The van der Waals surface area contributed by atoms with E-state index < -0.39 is 23.0 Å². The molecule has 2 rings (SSSR count). The molecular weight excluding hydrogens is 335 g/mol. The molecule has 0 spiro atoms. The molecule has 1 amide bonds. The highest BCUT2D eigenvalue weighted by atomic mass is 19.4. The molecule has 5 nitrogen and oxygen atoms in total. The highest BCUT2D eigenvalue weighted by Gasteiger charge is 2.37. The van der Waals surface area contributed by atoms with Crippen molar-refractivity contribution in [3.8, 4) is 5.88 Å². The van der Waals surface area contributed by atoms with Crippen LogP contribution in [0.4, 0.5) is 13.2 Å². The number of hydrogen-bond acceptors (Lipinski definition) is 4. The average Bonchev–Trinajstić information content (AvgIpc) is 2.82. The van der Waals surface area contributed by atoms with Crippen LogP contribution in [0.15, 0.2) is 18.3 Å². The summed E-state index contributed by atoms with van der Waals surface area (Å²) >= 11 is 0. The minimum atomic E-state index is -4.55. The number of pyridine rings is 1. The number of nitrogens with zero attached hydrogens (tertiary/aromatic N) is 2. The van der Waals surface area contributed by atoms with Gasteiger partial charge in [-0.1, -0.05) is 0 Å². The van der Waals surface area contributed by atoms with Gasteiger partial charge < -0.3 is 15.0 Å². The lowest BCUT2D eigenvalue weighted by atomic mass is 9.93. The van der Waals surface area contributed by atoms with E-state index in [-0.39, 0.29) is 18.6 Å². The third-order valence-electron chi connectivity index (χ3n) is 4.48. The Bertz CT molecular complexity index is 609. The maximum Gasteiger partial charge on any atom is 0.421 e. The Morgan fingerprint density at radius 3 is 2.68 bits per heavy atom. The Balaban J connectivity index is 1.99. The van der Waals surface area contributed by atoms with E-state index in [1.165, 1.54) is 12.3 Å². The zero-order chi connectivity index (χ0) is 18.8. The zero-order valence-corrected chi connectivity index (χ0v) is 14.9. The van der Waals surface area contributed by atoms with E-state index in [1.54, 1.807) is 13.8 Å². The number of nitrogens with one attached hydrogen (secondary N) is 1. The van der Waals surface area contributed by atoms with E-state index in [0.717, 1.165) is 19.0 Å². The van der Waals surface area contributed by atoms with Crippen LogP contribution in [0.25, 0.3) is 0 Å². The second-order valence-corrected chi connectivity index (χ2v) is 7.22. The predicted octanol–water partition coefficient (Wildman–Crippen LogP) is 2.71. The number of carbonyl (C=O) groups excluding carboxylic acids is 1. The lowest BCUT2D eigenvalue weighted by molar-refractivity contribution is -0.139. The molecule has 2 heterocycles. The molecule has 1 aromatic rings. The van der Waals surface area contributed by atoms with Gasteiger partial charge in [0.2, 0.25) is 11.8 Å². The van der Waals surface area contributed by atoms with Gasteiger partial charge >= 0.3 is 6.18 Å². The molecule has 1 aromatic heterocycles. The minimum Gasteiger partial charge on any atom is -0.476 e. The Labute approximate surface area is 145 Å². The molecule has 1 fully saturated rings. The first-order valence-electron chi connectivity index (χ1n) is 8.17. The highest BCUT2D eigenvalue weighted by Crippen LogP contribution is 2.35. The van der Waals surface area contributed by atoms with E-state index in [0.29, 0.717) is 6.04 Å². The minimum absolute atomic E-state index is 0.0346. The fourth-order valence-electron chi connectivity index (χ4n) is 2.72. The first kappa shape index (κ1) is 19.5. The van der Waals surface area contributed by atoms with Gasteiger partial charge in [0.25, 0.3) is 0 Å². The van der Waals surface area contributed by atoms with Crippen LogP contribution in [0.5, 0.6) is 5.88 Å². The van der Waals surface area contributed by atoms with Gasteiger partial charge in [0, 0.05) is 24.8 Å². The number of rotatable bonds is 5. The Morgan fingerprint density at radius 1 is 1.44 bits per heavy atom. The van der Waals surface area contributed by atoms with E-state index in [1.807, 2.05) is 7.05 Å². The summed E-state index contributed by atoms with van der Waals surface area (Å²) in [6.45, 7) is 5.92. The van der Waals surface area contributed by atoms with E-state index in [2.05, 4.69) is 22.1 Å². The van der Waals surface area contributed by atoms with Gasteiger partial charge in [-0.15, -0.1) is 0 Å². The lowest BCUT2D eigenvalue weighted by Gasteiger charge is -2.26. The maximum absolute atomic E-state index is 13.0. The van der Waals surface area contributed by atoms with Crippen molar-refractivity contribution in [2.24, 2.45) is 5.41 Å². The number of alkyl halides is 3. The molecule has 1 aliphatic heterocycles. The van der Waals surface area contributed by atoms with Crippen LogP contribution in [0.2, 0.25) is 0 Å². The first-order valence-corrected chi connectivity index (χ1v) is 8.17. The van der Waals surface area contributed by atoms with Crippen LogP contribution in [0.1, 0.15) is 32.8 Å². The molecule has 0 aromatic carbocycles. The zero-order valence-electron chi connectivity index (χ0n) is 14.9. The third-order valence-corrected chi connectivity index (χ3v) is 4.48. The van der Waals surface area contributed by atoms with Crippen molar-refractivity contribution in [2.45, 2.75) is 45.5 Å². The van der Waals surface area contributed by atoms with Crippen LogP contribution >= 0.6 is 0 Å². The summed E-state index contributed by atoms with van der Waals surface area (Å²) in [5.41, 5.74) is -1.93. The average molecular weight is 359 g/mol. The molecular formula is C17H24F3N3O2. The Morgan fingerprint density at radius 2 is 2.12 bits per heavy atom. The van der Waals surface area contributed by atoms with Gasteiger partial charge in [-0.25, -0.2) is 4.98 Å². The van der Waals surface area contributed by atoms with Gasteiger partial charge in [-0.05, 0) is 46.4 Å². The van der Waals surface area contributed by atoms with E-state index in [4.69, 9.17) is 4.74 Å². The van der Waals surface area contributed by atoms with E-state index in [9.17, 15) is 18.0 Å². The van der Waals surface area contributed by atoms with Crippen molar-refractivity contribution in [1.29, 1.82) is 0 Å². The van der Waals surface area contributed by atoms with Crippen molar-refractivity contribution in [3.05, 3.63) is 23.9 Å². The normalized spacial score (nSPS) is 22.0. The van der Waals surface area contributed by atoms with Crippen LogP contribution in [0, 0.1) is 5.41 Å². The summed E-state index contributed by atoms with van der Waals surface area (Å²) in [6.07, 6.45) is -2.48. The van der Waals surface area contributed by atoms with Gasteiger partial charge in [0.15, 0.2) is 0 Å². The SMILES string of the molecule is C[C@H]1C[C@H](NC(=O)C(C)(C)COc2ncccc2C(F)(F)F)CN1C. The molecule has 8 heteroatoms. The summed E-state index contributed by atoms with van der Waals surface area (Å²) in [5, 5.41) is 2.96. The van der Waals surface area contributed by atoms with Gasteiger partial charge in [-0.2, -0.15) is 13.2 Å². The Hall–Kier alpha value is -1.83. The van der Waals surface area contributed by atoms with Crippen molar-refractivity contribution in [3.63, 3.8) is 0 Å². The van der Waals surface area contributed by atoms with Crippen molar-refractivity contribution in [1.82, 2.24) is 15.2 Å². The standard InChI is InChI=1S/C17H24F3N3O2/c1-11-8-12(9-23(11)4)22-15(24)16(2,3)10-25-14-13(17(18,19)20)6-5-7-21-14/h5-7,11-12H,8-10H2,1-4H3,(H,22,24)/t11-,12-/m0/s1. The number of hydrogen-bond donors (Lipinski definition) is 1. The van der Waals surface area contributed by atoms with Crippen LogP contribution in [-0.4, -0.2) is 48.1 Å². The van der Waals surface area contributed by atoms with Gasteiger partial charge in [0.05, 0.1) is 5.41 Å². The summed E-state index contributed by atoms with van der Waals surface area (Å²) < 4.78 is 44.2. The summed E-state index contributed by atoms with van der Waals surface area (Å²) in [4.78, 5) is 18.3. The first-order chi connectivity index (χ1) is 11.5. The fraction of sp³-hybridized carbons (Fsp3) is 0.647. The van der Waals surface area contributed by atoms with Crippen LogP contribution < -0.4 is 10.1 Å². The smallest absolute Gasteiger partial charge is 0.421 e. The van der Waals surface area contributed by atoms with E-state index >= 15 is 0 Å². The molecule has 140 valence electrons. The molecule has 1 N–H and O–H groups in total. The second kappa shape index (κ2) is 7.19. The molecule has 1 saturated heterocycles. The predicted molar refractivity (Wildman–Crippen MR) is 87.2 cm³/mol. The third kappa shape index (κ3) is 4.84. The Kier molecular flexibility index (Phi) is 5.61. The van der Waals surface area contributed by atoms with Crippen LogP contribution in [-0.2, 0) is 11.0 Å². The number of likely N-dealkylation sites (N-methyl/N-ethyl adjacent to an activating group) is 1. The summed E-state index contributed by atoms with van der Waals surface area (Å²) in [7, 11) is 1.99. The van der Waals surface area contributed by atoms with Crippen molar-refractivity contribution in [2.75, 3.05) is 20.2 Å². The van der Waals surface area contributed by atoms with Gasteiger partial charge in [0.1, 0.15) is 12.2 Å². The molecule has 0 saturated carbocycles. The number of aromatic nitrogens is 1. The molecule has 25 heavy (non-hydrogen) atoms. The fourth-order valence-corrected chi connectivity index (χ4v) is 2.72. The number of likely N-dealkylation sites (tertiary alicyclic amines) is 1. The molecule has 0 radical (unpaired) electrons. The highest BCUT2D eigenvalue weighted by molar-refractivity contribution is 5.82. The lowest BCUT2D eigenvalue weighted by Crippen LogP contribution is -2.46. The topological polar surface area (TPSA) is 54.5 Å². The summed E-state index contributed by atoms with van der Waals surface area (Å²) in [6, 6.07) is 2.52. The van der Waals surface area contributed by atoms with Gasteiger partial charge in [-0.3, -0.25) is 4.79 Å².